The van der Waals surface area contributed by atoms with Crippen molar-refractivity contribution in [2.45, 2.75) is 6.92 Å². The number of halogens is 1. The zero-order valence-corrected chi connectivity index (χ0v) is 9.26. The van der Waals surface area contributed by atoms with Crippen molar-refractivity contribution in [3.05, 3.63) is 27.8 Å². The predicted octanol–water partition coefficient (Wildman–Crippen LogP) is 2.67. The van der Waals surface area contributed by atoms with Gasteiger partial charge in [0.2, 0.25) is 0 Å². The summed E-state index contributed by atoms with van der Waals surface area (Å²) in [5.41, 5.74) is 1.98. The summed E-state index contributed by atoms with van der Waals surface area (Å²) in [7, 11) is 0. The van der Waals surface area contributed by atoms with Crippen molar-refractivity contribution in [1.82, 2.24) is 14.3 Å². The van der Waals surface area contributed by atoms with Gasteiger partial charge in [-0.1, -0.05) is 0 Å². The molecule has 2 heterocycles. The average molecular weight is 256 g/mol. The standard InChI is InChI=1S/C8H6BrN3S/c1-5-2-3-10-6(4-5)7-11-8(9)13-12-7/h2-4H,1H3. The third-order valence-corrected chi connectivity index (χ3v) is 2.66. The van der Waals surface area contributed by atoms with Gasteiger partial charge in [0.25, 0.3) is 0 Å². The molecule has 2 aromatic rings. The van der Waals surface area contributed by atoms with Gasteiger partial charge in [-0.05, 0) is 52.1 Å². The van der Waals surface area contributed by atoms with Gasteiger partial charge >= 0.3 is 0 Å². The van der Waals surface area contributed by atoms with Crippen molar-refractivity contribution < 1.29 is 0 Å². The summed E-state index contributed by atoms with van der Waals surface area (Å²) in [5, 5.41) is 0. The molecule has 0 aliphatic rings. The molecule has 5 heteroatoms. The van der Waals surface area contributed by atoms with Gasteiger partial charge < -0.3 is 0 Å². The Balaban J connectivity index is 2.46. The normalized spacial score (nSPS) is 10.3. The van der Waals surface area contributed by atoms with E-state index in [1.807, 2.05) is 19.1 Å². The van der Waals surface area contributed by atoms with Crippen molar-refractivity contribution in [3.63, 3.8) is 0 Å². The summed E-state index contributed by atoms with van der Waals surface area (Å²) in [6.45, 7) is 2.02. The number of pyridine rings is 1. The summed E-state index contributed by atoms with van der Waals surface area (Å²) in [6.07, 6.45) is 1.76. The van der Waals surface area contributed by atoms with E-state index in [2.05, 4.69) is 30.3 Å². The Morgan fingerprint density at radius 2 is 2.31 bits per heavy atom. The Bertz CT molecular complexity index is 427. The maximum absolute atomic E-state index is 4.18. The van der Waals surface area contributed by atoms with Crippen LogP contribution in [0.25, 0.3) is 11.5 Å². The molecule has 0 aliphatic carbocycles. The molecule has 3 nitrogen and oxygen atoms in total. The third kappa shape index (κ3) is 1.92. The first-order valence-corrected chi connectivity index (χ1v) is 5.24. The Morgan fingerprint density at radius 3 is 2.92 bits per heavy atom. The number of aromatic nitrogens is 3. The fraction of sp³-hybridized carbons (Fsp3) is 0.125. The molecule has 0 N–H and O–H groups in total. The number of rotatable bonds is 1. The summed E-state index contributed by atoms with van der Waals surface area (Å²) in [5.74, 6) is 0.681. The van der Waals surface area contributed by atoms with Crippen LogP contribution in [0.15, 0.2) is 22.2 Å². The second kappa shape index (κ2) is 3.51. The van der Waals surface area contributed by atoms with Crippen molar-refractivity contribution in [3.8, 4) is 11.5 Å². The highest BCUT2D eigenvalue weighted by atomic mass is 79.9. The Morgan fingerprint density at radius 1 is 1.46 bits per heavy atom. The maximum atomic E-state index is 4.18. The molecule has 0 unspecified atom stereocenters. The van der Waals surface area contributed by atoms with Crippen LogP contribution in [0.5, 0.6) is 0 Å². The molecule has 0 saturated heterocycles. The van der Waals surface area contributed by atoms with Gasteiger partial charge in [-0.25, -0.2) is 4.98 Å². The Labute approximate surface area is 88.2 Å². The van der Waals surface area contributed by atoms with E-state index in [9.17, 15) is 0 Å². The molecule has 0 saturated carbocycles. The van der Waals surface area contributed by atoms with Crippen LogP contribution in [0.4, 0.5) is 0 Å². The molecule has 0 aromatic carbocycles. The number of aryl methyl sites for hydroxylation is 1. The van der Waals surface area contributed by atoms with Gasteiger partial charge in [0, 0.05) is 6.20 Å². The minimum Gasteiger partial charge on any atom is -0.253 e. The smallest absolute Gasteiger partial charge is 0.192 e. The zero-order valence-electron chi connectivity index (χ0n) is 6.86. The summed E-state index contributed by atoms with van der Waals surface area (Å²) in [6, 6.07) is 3.92. The van der Waals surface area contributed by atoms with E-state index < -0.39 is 0 Å². The molecule has 2 rings (SSSR count). The van der Waals surface area contributed by atoms with Crippen LogP contribution in [-0.4, -0.2) is 14.3 Å². The summed E-state index contributed by atoms with van der Waals surface area (Å²) < 4.78 is 4.93. The number of hydrogen-bond acceptors (Lipinski definition) is 4. The van der Waals surface area contributed by atoms with E-state index >= 15 is 0 Å². The molecule has 0 fully saturated rings. The topological polar surface area (TPSA) is 38.7 Å². The highest BCUT2D eigenvalue weighted by molar-refractivity contribution is 9.11. The van der Waals surface area contributed by atoms with E-state index in [-0.39, 0.29) is 0 Å². The molecule has 0 bridgehead atoms. The maximum Gasteiger partial charge on any atom is 0.192 e. The van der Waals surface area contributed by atoms with Gasteiger partial charge in [0.1, 0.15) is 5.69 Å². The number of hydrogen-bond donors (Lipinski definition) is 0. The first-order valence-electron chi connectivity index (χ1n) is 3.68. The molecule has 0 spiro atoms. The lowest BCUT2D eigenvalue weighted by Crippen LogP contribution is -1.85. The van der Waals surface area contributed by atoms with E-state index in [4.69, 9.17) is 0 Å². The summed E-state index contributed by atoms with van der Waals surface area (Å²) in [4.78, 5) is 8.37. The van der Waals surface area contributed by atoms with E-state index in [0.29, 0.717) is 5.82 Å². The van der Waals surface area contributed by atoms with Gasteiger partial charge in [-0.15, -0.1) is 0 Å². The molecule has 0 aliphatic heterocycles. The zero-order chi connectivity index (χ0) is 9.26. The monoisotopic (exact) mass is 255 g/mol. The minimum absolute atomic E-state index is 0.681. The Kier molecular flexibility index (Phi) is 2.37. The van der Waals surface area contributed by atoms with Crippen LogP contribution in [0.2, 0.25) is 0 Å². The van der Waals surface area contributed by atoms with Crippen LogP contribution in [0.3, 0.4) is 0 Å². The first kappa shape index (κ1) is 8.77. The van der Waals surface area contributed by atoms with Crippen molar-refractivity contribution in [2.75, 3.05) is 0 Å². The summed E-state index contributed by atoms with van der Waals surface area (Å²) >= 11 is 4.59. The lowest BCUT2D eigenvalue weighted by atomic mass is 10.2. The van der Waals surface area contributed by atoms with Crippen LogP contribution < -0.4 is 0 Å². The van der Waals surface area contributed by atoms with Gasteiger partial charge in [-0.3, -0.25) is 4.98 Å². The van der Waals surface area contributed by atoms with Crippen LogP contribution >= 0.6 is 27.5 Å². The Hall–Kier alpha value is -0.810. The SMILES string of the molecule is Cc1ccnc(-c2nsc(Br)n2)c1. The van der Waals surface area contributed by atoms with Crippen molar-refractivity contribution >= 4 is 27.5 Å². The van der Waals surface area contributed by atoms with Crippen molar-refractivity contribution in [2.24, 2.45) is 0 Å². The second-order valence-electron chi connectivity index (χ2n) is 2.59. The van der Waals surface area contributed by atoms with E-state index in [1.54, 1.807) is 6.20 Å². The molecule has 0 atom stereocenters. The van der Waals surface area contributed by atoms with Crippen LogP contribution in [0, 0.1) is 6.92 Å². The van der Waals surface area contributed by atoms with Crippen LogP contribution in [0.1, 0.15) is 5.56 Å². The highest BCUT2D eigenvalue weighted by Gasteiger charge is 2.05. The lowest BCUT2D eigenvalue weighted by molar-refractivity contribution is 1.21. The minimum atomic E-state index is 0.681. The van der Waals surface area contributed by atoms with Crippen molar-refractivity contribution in [1.29, 1.82) is 0 Å². The quantitative estimate of drug-likeness (QED) is 0.787. The molecule has 2 aromatic heterocycles. The first-order chi connectivity index (χ1) is 6.25. The number of nitrogens with zero attached hydrogens (tertiary/aromatic N) is 3. The molecular formula is C8H6BrN3S. The average Bonchev–Trinajstić information content (AvgIpc) is 2.52. The van der Waals surface area contributed by atoms with Gasteiger partial charge in [0.15, 0.2) is 9.74 Å². The second-order valence-corrected chi connectivity index (χ2v) is 4.62. The highest BCUT2D eigenvalue weighted by Crippen LogP contribution is 2.19. The predicted molar refractivity (Wildman–Crippen MR) is 55.6 cm³/mol. The van der Waals surface area contributed by atoms with Crippen LogP contribution in [-0.2, 0) is 0 Å². The van der Waals surface area contributed by atoms with Gasteiger partial charge in [-0.2, -0.15) is 4.37 Å². The van der Waals surface area contributed by atoms with E-state index in [1.165, 1.54) is 11.5 Å². The molecule has 13 heavy (non-hydrogen) atoms. The van der Waals surface area contributed by atoms with E-state index in [0.717, 1.165) is 15.2 Å². The van der Waals surface area contributed by atoms with Gasteiger partial charge in [0.05, 0.1) is 0 Å². The molecule has 0 amide bonds. The molecular weight excluding hydrogens is 250 g/mol. The molecule has 66 valence electrons. The lowest BCUT2D eigenvalue weighted by Gasteiger charge is -1.94. The fourth-order valence-corrected chi connectivity index (χ4v) is 1.78. The fourth-order valence-electron chi connectivity index (χ4n) is 0.967. The molecule has 0 radical (unpaired) electrons. The largest absolute Gasteiger partial charge is 0.253 e. The third-order valence-electron chi connectivity index (χ3n) is 1.55.